The summed E-state index contributed by atoms with van der Waals surface area (Å²) in [6, 6.07) is 15.4. The maximum absolute atomic E-state index is 11.3. The monoisotopic (exact) mass is 400 g/mol. The summed E-state index contributed by atoms with van der Waals surface area (Å²) < 4.78 is 5.72. The Balaban J connectivity index is 1.51. The smallest absolute Gasteiger partial charge is 0.221 e. The number of carbonyl (C=O) groups excluding carboxylic acids is 1. The molecule has 1 aliphatic rings. The first-order valence-corrected chi connectivity index (χ1v) is 9.74. The van der Waals surface area contributed by atoms with Gasteiger partial charge in [0.05, 0.1) is 5.69 Å². The van der Waals surface area contributed by atoms with E-state index in [1.807, 2.05) is 6.07 Å². The average molecular weight is 401 g/mol. The van der Waals surface area contributed by atoms with E-state index in [1.165, 1.54) is 18.1 Å². The molecule has 1 atom stereocenters. The van der Waals surface area contributed by atoms with Crippen LogP contribution in [-0.2, 0) is 4.79 Å². The predicted molar refractivity (Wildman–Crippen MR) is 113 cm³/mol. The lowest BCUT2D eigenvalue weighted by Gasteiger charge is -2.28. The molecule has 1 aliphatic heterocycles. The van der Waals surface area contributed by atoms with Crippen molar-refractivity contribution in [2.24, 2.45) is 0 Å². The Morgan fingerprint density at radius 2 is 2.07 bits per heavy atom. The molecule has 2 N–H and O–H groups in total. The highest BCUT2D eigenvalue weighted by atomic mass is 35.5. The van der Waals surface area contributed by atoms with Gasteiger partial charge in [-0.25, -0.2) is 0 Å². The predicted octanol–water partition coefficient (Wildman–Crippen LogP) is 3.83. The third kappa shape index (κ3) is 5.83. The molecule has 3 rings (SSSR count). The van der Waals surface area contributed by atoms with Crippen LogP contribution >= 0.6 is 11.6 Å². The number of nitrogens with zero attached hydrogens (tertiary/aromatic N) is 1. The molecule has 1 amide bonds. The number of β-amino-alcohol motifs (C(OH)–C–C–N with tert-alkyl or cyclic N) is 1. The van der Waals surface area contributed by atoms with Gasteiger partial charge in [-0.1, -0.05) is 48.0 Å². The maximum Gasteiger partial charge on any atom is 0.221 e. The molecule has 0 bridgehead atoms. The number of benzene rings is 2. The van der Waals surface area contributed by atoms with Crippen LogP contribution in [0.3, 0.4) is 0 Å². The summed E-state index contributed by atoms with van der Waals surface area (Å²) in [6.45, 7) is 3.80. The Hall–Kier alpha value is -2.34. The molecule has 0 saturated heterocycles. The summed E-state index contributed by atoms with van der Waals surface area (Å²) in [4.78, 5) is 13.5. The van der Waals surface area contributed by atoms with Crippen LogP contribution in [0.2, 0.25) is 5.02 Å². The zero-order valence-electron chi connectivity index (χ0n) is 15.9. The van der Waals surface area contributed by atoms with E-state index >= 15 is 0 Å². The first-order valence-electron chi connectivity index (χ1n) is 9.36. The second-order valence-corrected chi connectivity index (χ2v) is 7.33. The minimum absolute atomic E-state index is 0.139. The lowest BCUT2D eigenvalue weighted by molar-refractivity contribution is -0.114. The van der Waals surface area contributed by atoms with Gasteiger partial charge in [-0.3, -0.25) is 9.69 Å². The van der Waals surface area contributed by atoms with Gasteiger partial charge < -0.3 is 15.2 Å². The second kappa shape index (κ2) is 9.73. The second-order valence-electron chi connectivity index (χ2n) is 6.89. The van der Waals surface area contributed by atoms with Crippen molar-refractivity contribution in [3.63, 3.8) is 0 Å². The van der Waals surface area contributed by atoms with Crippen LogP contribution in [0.15, 0.2) is 54.6 Å². The molecule has 0 aliphatic carbocycles. The highest BCUT2D eigenvalue weighted by Crippen LogP contribution is 2.28. The van der Waals surface area contributed by atoms with Crippen LogP contribution in [0.1, 0.15) is 18.9 Å². The average Bonchev–Trinajstić information content (AvgIpc) is 2.68. The van der Waals surface area contributed by atoms with Crippen LogP contribution in [0.25, 0.3) is 5.57 Å². The van der Waals surface area contributed by atoms with Crippen LogP contribution in [0.4, 0.5) is 5.69 Å². The van der Waals surface area contributed by atoms with E-state index in [0.717, 1.165) is 19.5 Å². The molecule has 2 aromatic rings. The summed E-state index contributed by atoms with van der Waals surface area (Å²) >= 11 is 5.98. The normalized spacial score (nSPS) is 15.6. The van der Waals surface area contributed by atoms with Gasteiger partial charge in [0.15, 0.2) is 0 Å². The largest absolute Gasteiger partial charge is 0.489 e. The molecule has 0 radical (unpaired) electrons. The fourth-order valence-electron chi connectivity index (χ4n) is 3.24. The lowest BCUT2D eigenvalue weighted by Crippen LogP contribution is -2.38. The van der Waals surface area contributed by atoms with Gasteiger partial charge in [0.1, 0.15) is 18.5 Å². The number of aliphatic hydroxyl groups is 1. The van der Waals surface area contributed by atoms with E-state index in [2.05, 4.69) is 40.6 Å². The number of hydrogen-bond donors (Lipinski definition) is 2. The van der Waals surface area contributed by atoms with E-state index in [-0.39, 0.29) is 12.5 Å². The summed E-state index contributed by atoms with van der Waals surface area (Å²) in [5.74, 6) is 0.283. The van der Waals surface area contributed by atoms with Crippen molar-refractivity contribution in [3.8, 4) is 5.75 Å². The maximum atomic E-state index is 11.3. The van der Waals surface area contributed by atoms with Crippen molar-refractivity contribution in [1.29, 1.82) is 0 Å². The van der Waals surface area contributed by atoms with Crippen molar-refractivity contribution >= 4 is 28.8 Å². The summed E-state index contributed by atoms with van der Waals surface area (Å²) in [7, 11) is 0. The highest BCUT2D eigenvalue weighted by molar-refractivity contribution is 6.31. The van der Waals surface area contributed by atoms with Gasteiger partial charge in [0.25, 0.3) is 0 Å². The van der Waals surface area contributed by atoms with E-state index < -0.39 is 6.10 Å². The number of halogens is 1. The fraction of sp³-hybridized carbons (Fsp3) is 0.318. The fourth-order valence-corrected chi connectivity index (χ4v) is 3.42. The molecule has 0 fully saturated rings. The Kier molecular flexibility index (Phi) is 7.09. The molecular formula is C22H25ClN2O3. The van der Waals surface area contributed by atoms with Gasteiger partial charge in [0.2, 0.25) is 5.91 Å². The number of ether oxygens (including phenoxy) is 1. The SMILES string of the molecule is CC(=O)Nc1cc(Cl)ccc1OCC(O)CN1CC=C(c2ccccc2)CC1. The van der Waals surface area contributed by atoms with Crippen LogP contribution in [0, 0.1) is 0 Å². The van der Waals surface area contributed by atoms with Gasteiger partial charge in [0, 0.05) is 31.6 Å². The third-order valence-corrected chi connectivity index (χ3v) is 4.83. The molecule has 148 valence electrons. The van der Waals surface area contributed by atoms with Crippen LogP contribution in [-0.4, -0.2) is 48.3 Å². The van der Waals surface area contributed by atoms with E-state index in [0.29, 0.717) is 23.0 Å². The molecule has 6 heteroatoms. The Morgan fingerprint density at radius 3 is 2.75 bits per heavy atom. The van der Waals surface area contributed by atoms with Crippen molar-refractivity contribution in [3.05, 3.63) is 65.2 Å². The molecule has 1 heterocycles. The molecular weight excluding hydrogens is 376 g/mol. The number of carbonyl (C=O) groups is 1. The first kappa shape index (κ1) is 20.4. The van der Waals surface area contributed by atoms with Gasteiger partial charge in [-0.15, -0.1) is 0 Å². The minimum atomic E-state index is -0.632. The molecule has 28 heavy (non-hydrogen) atoms. The number of rotatable bonds is 7. The van der Waals surface area contributed by atoms with Crippen LogP contribution < -0.4 is 10.1 Å². The summed E-state index contributed by atoms with van der Waals surface area (Å²) in [6.07, 6.45) is 2.55. The topological polar surface area (TPSA) is 61.8 Å². The Morgan fingerprint density at radius 1 is 1.29 bits per heavy atom. The molecule has 0 spiro atoms. The van der Waals surface area contributed by atoms with E-state index in [9.17, 15) is 9.90 Å². The zero-order chi connectivity index (χ0) is 19.9. The zero-order valence-corrected chi connectivity index (χ0v) is 16.7. The molecule has 0 aromatic heterocycles. The van der Waals surface area contributed by atoms with E-state index in [4.69, 9.17) is 16.3 Å². The van der Waals surface area contributed by atoms with Crippen molar-refractivity contribution in [2.75, 3.05) is 31.6 Å². The number of amides is 1. The van der Waals surface area contributed by atoms with Crippen molar-refractivity contribution in [1.82, 2.24) is 4.90 Å². The Bertz CT molecular complexity index is 839. The number of hydrogen-bond acceptors (Lipinski definition) is 4. The highest BCUT2D eigenvalue weighted by Gasteiger charge is 2.17. The Labute approximate surface area is 170 Å². The van der Waals surface area contributed by atoms with Gasteiger partial charge in [-0.2, -0.15) is 0 Å². The molecule has 5 nitrogen and oxygen atoms in total. The standard InChI is InChI=1S/C22H25ClN2O3/c1-16(26)24-21-13-19(23)7-8-22(21)28-15-20(27)14-25-11-9-18(10-12-25)17-5-3-2-4-6-17/h2-9,13,20,27H,10-12,14-15H2,1H3,(H,24,26). The van der Waals surface area contributed by atoms with Crippen LogP contribution in [0.5, 0.6) is 5.75 Å². The molecule has 0 saturated carbocycles. The summed E-state index contributed by atoms with van der Waals surface area (Å²) in [5, 5.41) is 13.6. The molecule has 1 unspecified atom stereocenters. The quantitative estimate of drug-likeness (QED) is 0.741. The third-order valence-electron chi connectivity index (χ3n) is 4.59. The lowest BCUT2D eigenvalue weighted by atomic mass is 9.99. The number of aliphatic hydroxyl groups excluding tert-OH is 1. The summed E-state index contributed by atoms with van der Waals surface area (Å²) in [5.41, 5.74) is 3.11. The minimum Gasteiger partial charge on any atom is -0.489 e. The number of nitrogens with one attached hydrogen (secondary N) is 1. The molecule has 2 aromatic carbocycles. The van der Waals surface area contributed by atoms with E-state index in [1.54, 1.807) is 18.2 Å². The van der Waals surface area contributed by atoms with Crippen molar-refractivity contribution in [2.45, 2.75) is 19.4 Å². The van der Waals surface area contributed by atoms with Gasteiger partial charge in [-0.05, 0) is 35.8 Å². The number of anilines is 1. The van der Waals surface area contributed by atoms with Gasteiger partial charge >= 0.3 is 0 Å². The first-order chi connectivity index (χ1) is 13.5. The van der Waals surface area contributed by atoms with Crippen molar-refractivity contribution < 1.29 is 14.6 Å².